The molecule has 4 bridgehead atoms. The van der Waals surface area contributed by atoms with Crippen molar-refractivity contribution >= 4 is 11.4 Å². The van der Waals surface area contributed by atoms with E-state index in [1.807, 2.05) is 24.3 Å². The van der Waals surface area contributed by atoms with Crippen LogP contribution in [0, 0.1) is 0 Å². The molecule has 6 rings (SSSR count). The number of rotatable bonds is 0. The Labute approximate surface area is 104 Å². The molecule has 90 valence electrons. The van der Waals surface area contributed by atoms with Gasteiger partial charge in [-0.15, -0.1) is 5.11 Å². The Morgan fingerprint density at radius 1 is 0.778 bits per heavy atom. The highest BCUT2D eigenvalue weighted by atomic mass is 16.3. The second-order valence-corrected chi connectivity index (χ2v) is 4.31. The normalized spacial score (nSPS) is 13.3. The SMILES string of the molecule is Oc1c2ccc(c1O)N=Nc1ccc(cc1)CC2. The van der Waals surface area contributed by atoms with Gasteiger partial charge in [0.15, 0.2) is 11.5 Å². The Kier molecular flexibility index (Phi) is 2.48. The molecule has 2 N–H and O–H groups in total. The van der Waals surface area contributed by atoms with Gasteiger partial charge in [0, 0.05) is 0 Å². The molecule has 4 aliphatic rings. The predicted molar refractivity (Wildman–Crippen MR) is 67.8 cm³/mol. The monoisotopic (exact) mass is 240 g/mol. The van der Waals surface area contributed by atoms with Crippen molar-refractivity contribution in [2.24, 2.45) is 10.2 Å². The average Bonchev–Trinajstić information content (AvgIpc) is 2.38. The van der Waals surface area contributed by atoms with E-state index < -0.39 is 0 Å². The molecule has 0 unspecified atom stereocenters. The molecule has 4 heterocycles. The van der Waals surface area contributed by atoms with Crippen LogP contribution in [0.15, 0.2) is 46.6 Å². The molecule has 0 saturated heterocycles. The number of hydrogen-bond donors (Lipinski definition) is 2. The smallest absolute Gasteiger partial charge is 0.185 e. The molecule has 2 aromatic rings. The zero-order valence-corrected chi connectivity index (χ0v) is 9.67. The first kappa shape index (κ1) is 10.8. The Morgan fingerprint density at radius 2 is 1.56 bits per heavy atom. The summed E-state index contributed by atoms with van der Waals surface area (Å²) in [5.41, 5.74) is 2.89. The third-order valence-electron chi connectivity index (χ3n) is 3.11. The minimum Gasteiger partial charge on any atom is -0.504 e. The maximum absolute atomic E-state index is 9.89. The molecule has 18 heavy (non-hydrogen) atoms. The molecule has 0 spiro atoms. The molecule has 2 aromatic carbocycles. The fourth-order valence-electron chi connectivity index (χ4n) is 2.01. The fourth-order valence-corrected chi connectivity index (χ4v) is 2.01. The minimum absolute atomic E-state index is 0.0959. The van der Waals surface area contributed by atoms with E-state index in [2.05, 4.69) is 10.2 Å². The Hall–Kier alpha value is -2.36. The van der Waals surface area contributed by atoms with E-state index >= 15 is 0 Å². The van der Waals surface area contributed by atoms with Gasteiger partial charge in [-0.25, -0.2) is 0 Å². The maximum Gasteiger partial charge on any atom is 0.185 e. The van der Waals surface area contributed by atoms with Crippen molar-refractivity contribution in [2.75, 3.05) is 0 Å². The Balaban J connectivity index is 2.17. The van der Waals surface area contributed by atoms with E-state index in [1.54, 1.807) is 12.1 Å². The van der Waals surface area contributed by atoms with E-state index in [9.17, 15) is 10.2 Å². The van der Waals surface area contributed by atoms with Crippen molar-refractivity contribution in [3.05, 3.63) is 47.5 Å². The summed E-state index contributed by atoms with van der Waals surface area (Å²) in [4.78, 5) is 0. The van der Waals surface area contributed by atoms with Crippen LogP contribution in [0.25, 0.3) is 0 Å². The molecule has 0 amide bonds. The average molecular weight is 240 g/mol. The highest BCUT2D eigenvalue weighted by molar-refractivity contribution is 5.61. The van der Waals surface area contributed by atoms with E-state index in [1.165, 1.54) is 0 Å². The number of aryl methyl sites for hydroxylation is 2. The summed E-state index contributed by atoms with van der Waals surface area (Å²) in [5.74, 6) is -0.298. The van der Waals surface area contributed by atoms with Crippen molar-refractivity contribution in [1.82, 2.24) is 0 Å². The number of benzene rings is 2. The van der Waals surface area contributed by atoms with Crippen molar-refractivity contribution in [2.45, 2.75) is 12.8 Å². The lowest BCUT2D eigenvalue weighted by Gasteiger charge is -2.09. The van der Waals surface area contributed by atoms with E-state index in [4.69, 9.17) is 0 Å². The lowest BCUT2D eigenvalue weighted by Crippen LogP contribution is -1.92. The van der Waals surface area contributed by atoms with Gasteiger partial charge in [-0.3, -0.25) is 0 Å². The molecule has 0 saturated carbocycles. The molecular weight excluding hydrogens is 228 g/mol. The second kappa shape index (κ2) is 4.14. The van der Waals surface area contributed by atoms with Crippen molar-refractivity contribution in [3.8, 4) is 11.5 Å². The zero-order valence-electron chi connectivity index (χ0n) is 9.67. The molecule has 0 aliphatic carbocycles. The van der Waals surface area contributed by atoms with Crippen LogP contribution in [0.1, 0.15) is 11.1 Å². The topological polar surface area (TPSA) is 65.2 Å². The third-order valence-corrected chi connectivity index (χ3v) is 3.11. The number of phenols is 2. The molecule has 0 radical (unpaired) electrons. The lowest BCUT2D eigenvalue weighted by atomic mass is 10.0. The largest absolute Gasteiger partial charge is 0.504 e. The van der Waals surface area contributed by atoms with E-state index in [-0.39, 0.29) is 17.2 Å². The van der Waals surface area contributed by atoms with Crippen molar-refractivity contribution in [1.29, 1.82) is 0 Å². The molecule has 0 aromatic heterocycles. The molecule has 4 aliphatic heterocycles. The maximum atomic E-state index is 9.89. The van der Waals surface area contributed by atoms with Crippen LogP contribution < -0.4 is 0 Å². The third kappa shape index (κ3) is 1.82. The molecular formula is C14H12N2O2. The van der Waals surface area contributed by atoms with Gasteiger partial charge in [0.2, 0.25) is 0 Å². The lowest BCUT2D eigenvalue weighted by molar-refractivity contribution is 0.400. The summed E-state index contributed by atoms with van der Waals surface area (Å²) in [6.45, 7) is 0. The summed E-state index contributed by atoms with van der Waals surface area (Å²) in [6.07, 6.45) is 1.49. The fraction of sp³-hybridized carbons (Fsp3) is 0.143. The van der Waals surface area contributed by atoms with E-state index in [0.717, 1.165) is 23.2 Å². The molecule has 0 atom stereocenters. The van der Waals surface area contributed by atoms with Gasteiger partial charge >= 0.3 is 0 Å². The van der Waals surface area contributed by atoms with Crippen LogP contribution in [0.4, 0.5) is 11.4 Å². The predicted octanol–water partition coefficient (Wildman–Crippen LogP) is 3.61. The van der Waals surface area contributed by atoms with Crippen LogP contribution in [0.5, 0.6) is 11.5 Å². The van der Waals surface area contributed by atoms with Crippen LogP contribution in [-0.2, 0) is 12.8 Å². The van der Waals surface area contributed by atoms with Gasteiger partial charge in [-0.2, -0.15) is 5.11 Å². The number of nitrogens with zero attached hydrogens (tertiary/aromatic N) is 2. The first-order valence-electron chi connectivity index (χ1n) is 5.78. The first-order valence-corrected chi connectivity index (χ1v) is 5.78. The molecule has 4 heteroatoms. The van der Waals surface area contributed by atoms with Gasteiger partial charge in [-0.05, 0) is 42.2 Å². The first-order chi connectivity index (χ1) is 8.74. The minimum atomic E-state index is -0.203. The quantitative estimate of drug-likeness (QED) is 0.691. The highest BCUT2D eigenvalue weighted by Gasteiger charge is 2.12. The number of azo groups is 1. The van der Waals surface area contributed by atoms with Crippen molar-refractivity contribution < 1.29 is 10.2 Å². The van der Waals surface area contributed by atoms with Gasteiger partial charge in [-0.1, -0.05) is 18.2 Å². The van der Waals surface area contributed by atoms with Crippen LogP contribution in [0.2, 0.25) is 0 Å². The summed E-state index contributed by atoms with van der Waals surface area (Å²) < 4.78 is 0. The summed E-state index contributed by atoms with van der Waals surface area (Å²) in [5, 5.41) is 27.7. The van der Waals surface area contributed by atoms with Gasteiger partial charge in [0.05, 0.1) is 5.69 Å². The summed E-state index contributed by atoms with van der Waals surface area (Å²) in [6, 6.07) is 11.2. The van der Waals surface area contributed by atoms with Gasteiger partial charge in [0.25, 0.3) is 0 Å². The standard InChI is InChI=1S/C14H12N2O2/c17-13-10-4-1-9-2-6-11(7-3-9)15-16-12(8-5-10)14(13)18/h2-3,5-8,17-18H,1,4H2. The molecule has 0 fully saturated rings. The zero-order chi connectivity index (χ0) is 12.5. The number of aromatic hydroxyl groups is 2. The Bertz CT molecular complexity index is 618. The highest BCUT2D eigenvalue weighted by Crippen LogP contribution is 2.39. The van der Waals surface area contributed by atoms with E-state index in [0.29, 0.717) is 6.42 Å². The number of hydrogen-bond acceptors (Lipinski definition) is 4. The summed E-state index contributed by atoms with van der Waals surface area (Å²) >= 11 is 0. The van der Waals surface area contributed by atoms with Gasteiger partial charge in [0.1, 0.15) is 5.69 Å². The second-order valence-electron chi connectivity index (χ2n) is 4.31. The number of phenolic OH excluding ortho intramolecular Hbond substituents is 2. The van der Waals surface area contributed by atoms with Crippen LogP contribution in [-0.4, -0.2) is 10.2 Å². The van der Waals surface area contributed by atoms with Gasteiger partial charge < -0.3 is 10.2 Å². The van der Waals surface area contributed by atoms with Crippen LogP contribution in [0.3, 0.4) is 0 Å². The van der Waals surface area contributed by atoms with Crippen molar-refractivity contribution in [3.63, 3.8) is 0 Å². The Morgan fingerprint density at radius 3 is 2.33 bits per heavy atom. The summed E-state index contributed by atoms with van der Waals surface area (Å²) in [7, 11) is 0. The van der Waals surface area contributed by atoms with Crippen LogP contribution >= 0.6 is 0 Å². The molecule has 4 nitrogen and oxygen atoms in total.